The Kier molecular flexibility index (Phi) is 6.24. The van der Waals surface area contributed by atoms with E-state index in [-0.39, 0.29) is 23.6 Å². The summed E-state index contributed by atoms with van der Waals surface area (Å²) in [5.74, 6) is -0.861. The summed E-state index contributed by atoms with van der Waals surface area (Å²) in [4.78, 5) is 54.8. The average Bonchev–Trinajstić information content (AvgIpc) is 2.94. The molecule has 0 aromatic heterocycles. The van der Waals surface area contributed by atoms with Crippen molar-refractivity contribution < 1.29 is 19.2 Å². The highest BCUT2D eigenvalue weighted by Crippen LogP contribution is 2.31. The zero-order valence-corrected chi connectivity index (χ0v) is 21.1. The molecule has 6 heteroatoms. The summed E-state index contributed by atoms with van der Waals surface area (Å²) in [5, 5.41) is 3.34. The van der Waals surface area contributed by atoms with Gasteiger partial charge in [-0.1, -0.05) is 74.2 Å². The topological polar surface area (TPSA) is 74.8 Å². The van der Waals surface area contributed by atoms with Gasteiger partial charge in [-0.2, -0.15) is 0 Å². The van der Waals surface area contributed by atoms with Gasteiger partial charge in [0.25, 0.3) is 23.6 Å². The van der Waals surface area contributed by atoms with Crippen LogP contribution in [0.25, 0.3) is 21.5 Å². The van der Waals surface area contributed by atoms with Crippen molar-refractivity contribution in [3.05, 3.63) is 95.1 Å². The summed E-state index contributed by atoms with van der Waals surface area (Å²) in [6, 6.07) is 22.3. The van der Waals surface area contributed by atoms with Crippen molar-refractivity contribution in [3.8, 4) is 0 Å². The fourth-order valence-corrected chi connectivity index (χ4v) is 5.81. The Bertz CT molecular complexity index is 1400. The van der Waals surface area contributed by atoms with E-state index in [1.807, 2.05) is 48.5 Å². The highest BCUT2D eigenvalue weighted by Gasteiger charge is 2.33. The Morgan fingerprint density at radius 3 is 1.00 bits per heavy atom. The minimum Gasteiger partial charge on any atom is -0.274 e. The summed E-state index contributed by atoms with van der Waals surface area (Å²) in [7, 11) is 0. The molecule has 6 nitrogen and oxygen atoms in total. The Morgan fingerprint density at radius 2 is 0.684 bits per heavy atom. The maximum atomic E-state index is 13.0. The van der Waals surface area contributed by atoms with Crippen LogP contribution in [-0.2, 0) is 0 Å². The molecule has 0 spiro atoms. The molecule has 0 atom stereocenters. The van der Waals surface area contributed by atoms with Crippen molar-refractivity contribution in [2.45, 2.75) is 38.5 Å². The first-order chi connectivity index (χ1) is 18.6. The van der Waals surface area contributed by atoms with Crippen LogP contribution in [0.2, 0.25) is 0 Å². The van der Waals surface area contributed by atoms with E-state index in [0.29, 0.717) is 35.3 Å². The summed E-state index contributed by atoms with van der Waals surface area (Å²) in [5.41, 5.74) is 2.38. The molecule has 0 N–H and O–H groups in total. The predicted molar refractivity (Wildman–Crippen MR) is 146 cm³/mol. The number of imide groups is 2. The quantitative estimate of drug-likeness (QED) is 0.200. The van der Waals surface area contributed by atoms with Crippen LogP contribution in [0.3, 0.4) is 0 Å². The third-order valence-corrected chi connectivity index (χ3v) is 7.73. The molecule has 4 amide bonds. The average molecular weight is 505 g/mol. The molecule has 2 heterocycles. The molecule has 2 aliphatic rings. The van der Waals surface area contributed by atoms with E-state index in [2.05, 4.69) is 0 Å². The van der Waals surface area contributed by atoms with Crippen molar-refractivity contribution in [1.29, 1.82) is 0 Å². The van der Waals surface area contributed by atoms with Crippen LogP contribution in [0.15, 0.2) is 72.8 Å². The number of unbranched alkanes of at least 4 members (excludes halogenated alkanes) is 5. The molecule has 0 unspecified atom stereocenters. The second-order valence-corrected chi connectivity index (χ2v) is 10.1. The second-order valence-electron chi connectivity index (χ2n) is 10.1. The molecule has 2 aliphatic heterocycles. The Morgan fingerprint density at radius 1 is 0.395 bits per heavy atom. The Hall–Kier alpha value is -4.32. The lowest BCUT2D eigenvalue weighted by Crippen LogP contribution is -2.40. The fourth-order valence-electron chi connectivity index (χ4n) is 5.81. The molecule has 0 bridgehead atoms. The molecule has 38 heavy (non-hydrogen) atoms. The van der Waals surface area contributed by atoms with Gasteiger partial charge in [0, 0.05) is 46.1 Å². The van der Waals surface area contributed by atoms with E-state index in [0.717, 1.165) is 60.1 Å². The summed E-state index contributed by atoms with van der Waals surface area (Å²) < 4.78 is 0. The maximum absolute atomic E-state index is 13.0. The minimum absolute atomic E-state index is 0.215. The normalized spacial score (nSPS) is 14.7. The van der Waals surface area contributed by atoms with Crippen LogP contribution in [0.4, 0.5) is 0 Å². The van der Waals surface area contributed by atoms with Crippen molar-refractivity contribution in [2.75, 3.05) is 13.1 Å². The lowest BCUT2D eigenvalue weighted by Gasteiger charge is -2.27. The van der Waals surface area contributed by atoms with Crippen molar-refractivity contribution >= 4 is 45.2 Å². The summed E-state index contributed by atoms with van der Waals surface area (Å²) in [6.45, 7) is 0.814. The van der Waals surface area contributed by atoms with Gasteiger partial charge in [0.15, 0.2) is 0 Å². The Balaban J connectivity index is 0.973. The van der Waals surface area contributed by atoms with Gasteiger partial charge in [-0.15, -0.1) is 0 Å². The number of carbonyl (C=O) groups excluding carboxylic acids is 4. The number of amides is 4. The van der Waals surface area contributed by atoms with Gasteiger partial charge in [0.05, 0.1) is 0 Å². The molecule has 190 valence electrons. The molecular weight excluding hydrogens is 476 g/mol. The first-order valence-electron chi connectivity index (χ1n) is 13.3. The number of hydrogen-bond acceptors (Lipinski definition) is 4. The van der Waals surface area contributed by atoms with E-state index >= 15 is 0 Å². The molecular formula is C32H28N2O4. The molecule has 0 aliphatic carbocycles. The van der Waals surface area contributed by atoms with Crippen LogP contribution in [-0.4, -0.2) is 46.5 Å². The lowest BCUT2D eigenvalue weighted by atomic mass is 9.94. The van der Waals surface area contributed by atoms with Crippen LogP contribution < -0.4 is 0 Å². The zero-order valence-electron chi connectivity index (χ0n) is 21.1. The molecule has 4 aromatic carbocycles. The minimum atomic E-state index is -0.215. The predicted octanol–water partition coefficient (Wildman–Crippen LogP) is 6.23. The van der Waals surface area contributed by atoms with E-state index in [1.54, 1.807) is 24.3 Å². The standard InChI is InChI=1S/C32H28N2O4/c35-29-23-15-7-11-21-12-8-16-24(27(21)23)30(36)33(29)19-5-3-1-2-4-6-20-34-31(37)25-17-9-13-22-14-10-18-26(28(22)25)32(34)38/h7-18H,1-6,19-20H2. The molecule has 0 fully saturated rings. The van der Waals surface area contributed by atoms with E-state index in [4.69, 9.17) is 0 Å². The number of nitrogens with zero attached hydrogens (tertiary/aromatic N) is 2. The van der Waals surface area contributed by atoms with Gasteiger partial charge in [-0.05, 0) is 47.9 Å². The third-order valence-electron chi connectivity index (χ3n) is 7.73. The van der Waals surface area contributed by atoms with Crippen LogP contribution in [0, 0.1) is 0 Å². The first kappa shape index (κ1) is 24.0. The number of benzene rings is 4. The first-order valence-corrected chi connectivity index (χ1v) is 13.3. The third kappa shape index (κ3) is 3.97. The highest BCUT2D eigenvalue weighted by atomic mass is 16.2. The number of carbonyl (C=O) groups is 4. The van der Waals surface area contributed by atoms with Gasteiger partial charge in [-0.25, -0.2) is 0 Å². The van der Waals surface area contributed by atoms with Gasteiger partial charge in [0.2, 0.25) is 0 Å². The monoisotopic (exact) mass is 504 g/mol. The smallest absolute Gasteiger partial charge is 0.261 e. The van der Waals surface area contributed by atoms with Crippen LogP contribution in [0.5, 0.6) is 0 Å². The molecule has 0 saturated heterocycles. The van der Waals surface area contributed by atoms with Gasteiger partial charge in [0.1, 0.15) is 0 Å². The molecule has 6 rings (SSSR count). The highest BCUT2D eigenvalue weighted by molar-refractivity contribution is 6.26. The van der Waals surface area contributed by atoms with Gasteiger partial charge < -0.3 is 0 Å². The summed E-state index contributed by atoms with van der Waals surface area (Å²) in [6.07, 6.45) is 5.23. The van der Waals surface area contributed by atoms with Gasteiger partial charge >= 0.3 is 0 Å². The van der Waals surface area contributed by atoms with E-state index in [9.17, 15) is 19.2 Å². The summed E-state index contributed by atoms with van der Waals surface area (Å²) >= 11 is 0. The van der Waals surface area contributed by atoms with Crippen LogP contribution in [0.1, 0.15) is 80.0 Å². The molecule has 0 radical (unpaired) electrons. The molecule has 0 saturated carbocycles. The number of hydrogen-bond donors (Lipinski definition) is 0. The second kappa shape index (κ2) is 9.86. The van der Waals surface area contributed by atoms with Crippen molar-refractivity contribution in [2.24, 2.45) is 0 Å². The number of rotatable bonds is 9. The largest absolute Gasteiger partial charge is 0.274 e. The van der Waals surface area contributed by atoms with Crippen molar-refractivity contribution in [1.82, 2.24) is 9.80 Å². The maximum Gasteiger partial charge on any atom is 0.261 e. The van der Waals surface area contributed by atoms with E-state index in [1.165, 1.54) is 9.80 Å². The SMILES string of the molecule is O=C1c2cccc3cccc(c23)C(=O)N1CCCCCCCCN1C(=O)c2cccc3cccc(c23)C1=O. The van der Waals surface area contributed by atoms with E-state index < -0.39 is 0 Å². The molecule has 4 aromatic rings. The van der Waals surface area contributed by atoms with Crippen molar-refractivity contribution in [3.63, 3.8) is 0 Å². The van der Waals surface area contributed by atoms with Gasteiger partial charge in [-0.3, -0.25) is 29.0 Å². The van der Waals surface area contributed by atoms with Crippen LogP contribution >= 0.6 is 0 Å². The zero-order chi connectivity index (χ0) is 26.2. The Labute approximate surface area is 220 Å². The lowest BCUT2D eigenvalue weighted by molar-refractivity contribution is 0.0590. The fraction of sp³-hybridized carbons (Fsp3) is 0.250.